The van der Waals surface area contributed by atoms with E-state index in [0.29, 0.717) is 23.8 Å². The maximum absolute atomic E-state index is 12.8. The molecule has 0 atom stereocenters. The Labute approximate surface area is 146 Å². The summed E-state index contributed by atoms with van der Waals surface area (Å²) in [5.41, 5.74) is 1.54. The average Bonchev–Trinajstić information content (AvgIpc) is 2.64. The number of rotatable bonds is 7. The fraction of sp³-hybridized carbons (Fsp3) is 0.211. The van der Waals surface area contributed by atoms with Gasteiger partial charge < -0.3 is 19.5 Å². The van der Waals surface area contributed by atoms with Crippen molar-refractivity contribution in [2.75, 3.05) is 21.3 Å². The Kier molecular flexibility index (Phi) is 6.39. The SMILES string of the molecule is COc1cc(/C=C/C(=O)NCc2ccc(F)cc2)cc(OC)c1OC. The number of carbonyl (C=O) groups is 1. The molecule has 0 fully saturated rings. The minimum atomic E-state index is -0.308. The molecule has 0 bridgehead atoms. The van der Waals surface area contributed by atoms with Crippen LogP contribution in [0.1, 0.15) is 11.1 Å². The van der Waals surface area contributed by atoms with E-state index in [2.05, 4.69) is 5.32 Å². The summed E-state index contributed by atoms with van der Waals surface area (Å²) in [7, 11) is 4.58. The van der Waals surface area contributed by atoms with Crippen molar-refractivity contribution in [3.8, 4) is 17.2 Å². The van der Waals surface area contributed by atoms with Crippen molar-refractivity contribution < 1.29 is 23.4 Å². The molecule has 2 aromatic rings. The molecule has 0 heterocycles. The predicted molar refractivity (Wildman–Crippen MR) is 93.4 cm³/mol. The summed E-state index contributed by atoms with van der Waals surface area (Å²) >= 11 is 0. The van der Waals surface area contributed by atoms with E-state index in [9.17, 15) is 9.18 Å². The van der Waals surface area contributed by atoms with Gasteiger partial charge in [-0.25, -0.2) is 4.39 Å². The van der Waals surface area contributed by atoms with Crippen molar-refractivity contribution in [2.45, 2.75) is 6.54 Å². The summed E-state index contributed by atoms with van der Waals surface area (Å²) in [6, 6.07) is 9.44. The largest absolute Gasteiger partial charge is 0.493 e. The maximum Gasteiger partial charge on any atom is 0.244 e. The van der Waals surface area contributed by atoms with E-state index in [0.717, 1.165) is 11.1 Å². The van der Waals surface area contributed by atoms with E-state index in [-0.39, 0.29) is 11.7 Å². The molecule has 0 aliphatic carbocycles. The highest BCUT2D eigenvalue weighted by molar-refractivity contribution is 5.91. The van der Waals surface area contributed by atoms with Gasteiger partial charge in [0.1, 0.15) is 5.82 Å². The van der Waals surface area contributed by atoms with Gasteiger partial charge in [0.15, 0.2) is 11.5 Å². The molecule has 0 aromatic heterocycles. The highest BCUT2D eigenvalue weighted by atomic mass is 19.1. The lowest BCUT2D eigenvalue weighted by Crippen LogP contribution is -2.20. The Hall–Kier alpha value is -3.02. The van der Waals surface area contributed by atoms with Crippen LogP contribution >= 0.6 is 0 Å². The zero-order chi connectivity index (χ0) is 18.2. The van der Waals surface area contributed by atoms with E-state index in [4.69, 9.17) is 14.2 Å². The lowest BCUT2D eigenvalue weighted by molar-refractivity contribution is -0.116. The molecule has 2 rings (SSSR count). The second-order valence-electron chi connectivity index (χ2n) is 5.14. The van der Waals surface area contributed by atoms with Gasteiger partial charge in [-0.2, -0.15) is 0 Å². The van der Waals surface area contributed by atoms with Crippen molar-refractivity contribution in [1.29, 1.82) is 0 Å². The van der Waals surface area contributed by atoms with Crippen LogP contribution in [0.15, 0.2) is 42.5 Å². The first-order valence-electron chi connectivity index (χ1n) is 7.57. The second-order valence-corrected chi connectivity index (χ2v) is 5.14. The van der Waals surface area contributed by atoms with Crippen molar-refractivity contribution in [1.82, 2.24) is 5.32 Å². The third-order valence-electron chi connectivity index (χ3n) is 3.49. The Balaban J connectivity index is 2.05. The summed E-state index contributed by atoms with van der Waals surface area (Å²) in [5.74, 6) is 0.930. The van der Waals surface area contributed by atoms with Crippen LogP contribution in [-0.4, -0.2) is 27.2 Å². The highest BCUT2D eigenvalue weighted by Crippen LogP contribution is 2.38. The van der Waals surface area contributed by atoms with Gasteiger partial charge in [0.25, 0.3) is 0 Å². The molecule has 25 heavy (non-hydrogen) atoms. The molecular weight excluding hydrogens is 325 g/mol. The van der Waals surface area contributed by atoms with Crippen LogP contribution in [0, 0.1) is 5.82 Å². The number of amides is 1. The molecule has 0 unspecified atom stereocenters. The first kappa shape index (κ1) is 18.3. The maximum atomic E-state index is 12.8. The van der Waals surface area contributed by atoms with Crippen molar-refractivity contribution in [3.63, 3.8) is 0 Å². The molecule has 0 radical (unpaired) electrons. The van der Waals surface area contributed by atoms with Crippen LogP contribution in [-0.2, 0) is 11.3 Å². The van der Waals surface area contributed by atoms with Crippen LogP contribution in [0.3, 0.4) is 0 Å². The molecule has 0 saturated carbocycles. The van der Waals surface area contributed by atoms with Gasteiger partial charge in [0.2, 0.25) is 11.7 Å². The van der Waals surface area contributed by atoms with Crippen LogP contribution in [0.25, 0.3) is 6.08 Å². The first-order valence-corrected chi connectivity index (χ1v) is 7.57. The number of hydrogen-bond donors (Lipinski definition) is 1. The third kappa shape index (κ3) is 4.97. The number of ether oxygens (including phenoxy) is 3. The molecule has 1 amide bonds. The van der Waals surface area contributed by atoms with Gasteiger partial charge in [0, 0.05) is 12.6 Å². The molecule has 132 valence electrons. The molecular formula is C19H20FNO4. The van der Waals surface area contributed by atoms with Crippen LogP contribution in [0.4, 0.5) is 4.39 Å². The van der Waals surface area contributed by atoms with Crippen LogP contribution in [0.5, 0.6) is 17.2 Å². The normalized spacial score (nSPS) is 10.6. The molecule has 0 saturated heterocycles. The Bertz CT molecular complexity index is 732. The minimum absolute atomic E-state index is 0.266. The number of halogens is 1. The summed E-state index contributed by atoms with van der Waals surface area (Å²) in [6.45, 7) is 0.318. The zero-order valence-electron chi connectivity index (χ0n) is 14.3. The quantitative estimate of drug-likeness (QED) is 0.783. The second kappa shape index (κ2) is 8.73. The Morgan fingerprint density at radius 2 is 1.64 bits per heavy atom. The highest BCUT2D eigenvalue weighted by Gasteiger charge is 2.12. The molecule has 1 N–H and O–H groups in total. The van der Waals surface area contributed by atoms with Crippen molar-refractivity contribution in [3.05, 3.63) is 59.4 Å². The monoisotopic (exact) mass is 345 g/mol. The molecule has 0 aliphatic heterocycles. The average molecular weight is 345 g/mol. The van der Waals surface area contributed by atoms with Crippen molar-refractivity contribution >= 4 is 12.0 Å². The predicted octanol–water partition coefficient (Wildman–Crippen LogP) is 3.18. The fourth-order valence-electron chi connectivity index (χ4n) is 2.22. The van der Waals surface area contributed by atoms with E-state index >= 15 is 0 Å². The van der Waals surface area contributed by atoms with Crippen LogP contribution in [0.2, 0.25) is 0 Å². The van der Waals surface area contributed by atoms with Gasteiger partial charge in [-0.05, 0) is 41.5 Å². The van der Waals surface area contributed by atoms with Gasteiger partial charge in [0.05, 0.1) is 21.3 Å². The van der Waals surface area contributed by atoms with E-state index in [1.54, 1.807) is 30.3 Å². The van der Waals surface area contributed by atoms with Gasteiger partial charge in [-0.15, -0.1) is 0 Å². The third-order valence-corrected chi connectivity index (χ3v) is 3.49. The summed E-state index contributed by atoms with van der Waals surface area (Å²) in [5, 5.41) is 2.73. The van der Waals surface area contributed by atoms with Gasteiger partial charge in [-0.3, -0.25) is 4.79 Å². The van der Waals surface area contributed by atoms with E-state index < -0.39 is 0 Å². The van der Waals surface area contributed by atoms with Crippen LogP contribution < -0.4 is 19.5 Å². The number of carbonyl (C=O) groups excluding carboxylic acids is 1. The Morgan fingerprint density at radius 3 is 2.16 bits per heavy atom. The summed E-state index contributed by atoms with van der Waals surface area (Å²) < 4.78 is 28.6. The molecule has 6 heteroatoms. The molecule has 5 nitrogen and oxygen atoms in total. The minimum Gasteiger partial charge on any atom is -0.493 e. The molecule has 0 spiro atoms. The molecule has 0 aliphatic rings. The van der Waals surface area contributed by atoms with Crippen molar-refractivity contribution in [2.24, 2.45) is 0 Å². The number of nitrogens with one attached hydrogen (secondary N) is 1. The smallest absolute Gasteiger partial charge is 0.244 e. The number of benzene rings is 2. The van der Waals surface area contributed by atoms with E-state index in [1.165, 1.54) is 39.5 Å². The lowest BCUT2D eigenvalue weighted by Gasteiger charge is -2.12. The van der Waals surface area contributed by atoms with Gasteiger partial charge >= 0.3 is 0 Å². The standard InChI is InChI=1S/C19H20FNO4/c1-23-16-10-14(11-17(24-2)19(16)25-3)6-9-18(22)21-12-13-4-7-15(20)8-5-13/h4-11H,12H2,1-3H3,(H,21,22)/b9-6+. The summed E-state index contributed by atoms with van der Waals surface area (Å²) in [6.07, 6.45) is 3.05. The number of hydrogen-bond acceptors (Lipinski definition) is 4. The Morgan fingerprint density at radius 1 is 1.04 bits per heavy atom. The van der Waals surface area contributed by atoms with E-state index in [1.807, 2.05) is 0 Å². The van der Waals surface area contributed by atoms with Gasteiger partial charge in [-0.1, -0.05) is 12.1 Å². The fourth-order valence-corrected chi connectivity index (χ4v) is 2.22. The zero-order valence-corrected chi connectivity index (χ0v) is 14.3. The molecule has 2 aromatic carbocycles. The topological polar surface area (TPSA) is 56.8 Å². The number of methoxy groups -OCH3 is 3. The summed E-state index contributed by atoms with van der Waals surface area (Å²) in [4.78, 5) is 11.9. The first-order chi connectivity index (χ1) is 12.1. The lowest BCUT2D eigenvalue weighted by atomic mass is 10.1.